The normalized spacial score (nSPS) is 12.3. The van der Waals surface area contributed by atoms with E-state index in [0.717, 1.165) is 12.2 Å². The van der Waals surface area contributed by atoms with Crippen LogP contribution in [0.4, 0.5) is 5.69 Å². The van der Waals surface area contributed by atoms with E-state index in [1.165, 1.54) is 0 Å². The molecule has 1 aromatic heterocycles. The van der Waals surface area contributed by atoms with Crippen LogP contribution in [0.25, 0.3) is 0 Å². The van der Waals surface area contributed by atoms with Crippen LogP contribution in [0.5, 0.6) is 0 Å². The van der Waals surface area contributed by atoms with Crippen molar-refractivity contribution in [1.29, 1.82) is 0 Å². The molecule has 4 heteroatoms. The SMILES string of the molecule is CCNC(=O)c1cc(NCC(C)C(C)C)ccn1. The molecule has 100 valence electrons. The molecule has 0 aliphatic rings. The molecule has 0 aliphatic heterocycles. The molecule has 1 heterocycles. The summed E-state index contributed by atoms with van der Waals surface area (Å²) in [5, 5.41) is 6.09. The van der Waals surface area contributed by atoms with Crippen LogP contribution in [0.15, 0.2) is 18.3 Å². The van der Waals surface area contributed by atoms with E-state index in [4.69, 9.17) is 0 Å². The number of carbonyl (C=O) groups excluding carboxylic acids is 1. The number of nitrogens with one attached hydrogen (secondary N) is 2. The van der Waals surface area contributed by atoms with Crippen molar-refractivity contribution in [2.24, 2.45) is 11.8 Å². The molecule has 0 saturated heterocycles. The van der Waals surface area contributed by atoms with Gasteiger partial charge >= 0.3 is 0 Å². The number of nitrogens with zero attached hydrogens (tertiary/aromatic N) is 1. The number of hydrogen-bond donors (Lipinski definition) is 2. The number of rotatable bonds is 6. The molecule has 18 heavy (non-hydrogen) atoms. The average molecular weight is 249 g/mol. The Morgan fingerprint density at radius 1 is 1.39 bits per heavy atom. The van der Waals surface area contributed by atoms with Crippen molar-refractivity contribution in [3.05, 3.63) is 24.0 Å². The number of aromatic nitrogens is 1. The van der Waals surface area contributed by atoms with E-state index in [2.05, 4.69) is 36.4 Å². The topological polar surface area (TPSA) is 54.0 Å². The van der Waals surface area contributed by atoms with Gasteiger partial charge in [-0.15, -0.1) is 0 Å². The van der Waals surface area contributed by atoms with E-state index in [1.807, 2.05) is 13.0 Å². The highest BCUT2D eigenvalue weighted by Gasteiger charge is 2.09. The molecule has 1 unspecified atom stereocenters. The van der Waals surface area contributed by atoms with Crippen molar-refractivity contribution < 1.29 is 4.79 Å². The summed E-state index contributed by atoms with van der Waals surface area (Å²) in [6, 6.07) is 3.67. The van der Waals surface area contributed by atoms with Crippen LogP contribution in [0.1, 0.15) is 38.2 Å². The lowest BCUT2D eigenvalue weighted by Crippen LogP contribution is -2.24. The first-order chi connectivity index (χ1) is 8.54. The molecule has 0 fully saturated rings. The zero-order chi connectivity index (χ0) is 13.5. The Morgan fingerprint density at radius 3 is 2.72 bits per heavy atom. The summed E-state index contributed by atoms with van der Waals surface area (Å²) in [5.74, 6) is 1.10. The molecule has 0 aromatic carbocycles. The highest BCUT2D eigenvalue weighted by atomic mass is 16.1. The minimum Gasteiger partial charge on any atom is -0.385 e. The van der Waals surface area contributed by atoms with Gasteiger partial charge in [0, 0.05) is 25.0 Å². The fourth-order valence-electron chi connectivity index (χ4n) is 1.43. The Balaban J connectivity index is 2.62. The largest absolute Gasteiger partial charge is 0.385 e. The fraction of sp³-hybridized carbons (Fsp3) is 0.571. The van der Waals surface area contributed by atoms with E-state index in [-0.39, 0.29) is 5.91 Å². The number of hydrogen-bond acceptors (Lipinski definition) is 3. The van der Waals surface area contributed by atoms with Crippen LogP contribution < -0.4 is 10.6 Å². The Kier molecular flexibility index (Phi) is 5.62. The summed E-state index contributed by atoms with van der Waals surface area (Å²) in [4.78, 5) is 15.7. The van der Waals surface area contributed by atoms with Gasteiger partial charge in [0.2, 0.25) is 0 Å². The first-order valence-corrected chi connectivity index (χ1v) is 6.52. The standard InChI is InChI=1S/C14H23N3O/c1-5-15-14(18)13-8-12(6-7-16-13)17-9-11(4)10(2)3/h6-8,10-11H,5,9H2,1-4H3,(H,15,18)(H,16,17). The second-order valence-corrected chi connectivity index (χ2v) is 4.89. The lowest BCUT2D eigenvalue weighted by Gasteiger charge is -2.17. The van der Waals surface area contributed by atoms with E-state index in [9.17, 15) is 4.79 Å². The minimum atomic E-state index is -0.127. The van der Waals surface area contributed by atoms with Gasteiger partial charge in [-0.05, 0) is 30.9 Å². The van der Waals surface area contributed by atoms with Crippen LogP contribution in [0, 0.1) is 11.8 Å². The van der Waals surface area contributed by atoms with Gasteiger partial charge in [-0.2, -0.15) is 0 Å². The number of pyridine rings is 1. The van der Waals surface area contributed by atoms with Crippen molar-refractivity contribution >= 4 is 11.6 Å². The summed E-state index contributed by atoms with van der Waals surface area (Å²) in [7, 11) is 0. The van der Waals surface area contributed by atoms with Gasteiger partial charge in [0.1, 0.15) is 5.69 Å². The Morgan fingerprint density at radius 2 is 2.11 bits per heavy atom. The van der Waals surface area contributed by atoms with Gasteiger partial charge in [-0.1, -0.05) is 20.8 Å². The highest BCUT2D eigenvalue weighted by Crippen LogP contribution is 2.13. The van der Waals surface area contributed by atoms with Crippen molar-refractivity contribution in [2.45, 2.75) is 27.7 Å². The maximum absolute atomic E-state index is 11.6. The maximum Gasteiger partial charge on any atom is 0.269 e. The summed E-state index contributed by atoms with van der Waals surface area (Å²) >= 11 is 0. The smallest absolute Gasteiger partial charge is 0.269 e. The van der Waals surface area contributed by atoms with Crippen molar-refractivity contribution in [1.82, 2.24) is 10.3 Å². The van der Waals surface area contributed by atoms with Gasteiger partial charge in [-0.3, -0.25) is 9.78 Å². The van der Waals surface area contributed by atoms with E-state index < -0.39 is 0 Å². The second kappa shape index (κ2) is 6.99. The molecule has 0 aliphatic carbocycles. The van der Waals surface area contributed by atoms with Crippen LogP contribution in [-0.4, -0.2) is 24.0 Å². The van der Waals surface area contributed by atoms with E-state index in [1.54, 1.807) is 12.3 Å². The van der Waals surface area contributed by atoms with E-state index in [0.29, 0.717) is 24.1 Å². The van der Waals surface area contributed by atoms with E-state index >= 15 is 0 Å². The lowest BCUT2D eigenvalue weighted by molar-refractivity contribution is 0.0951. The van der Waals surface area contributed by atoms with Crippen molar-refractivity contribution in [3.8, 4) is 0 Å². The monoisotopic (exact) mass is 249 g/mol. The van der Waals surface area contributed by atoms with Crippen LogP contribution in [0.2, 0.25) is 0 Å². The third-order valence-electron chi connectivity index (χ3n) is 3.10. The van der Waals surface area contributed by atoms with Gasteiger partial charge in [0.25, 0.3) is 5.91 Å². The van der Waals surface area contributed by atoms with Gasteiger partial charge in [-0.25, -0.2) is 0 Å². The number of amides is 1. The summed E-state index contributed by atoms with van der Waals surface area (Å²) in [6.07, 6.45) is 1.66. The second-order valence-electron chi connectivity index (χ2n) is 4.89. The maximum atomic E-state index is 11.6. The predicted octanol–water partition coefficient (Wildman–Crippen LogP) is 2.54. The summed E-state index contributed by atoms with van der Waals surface area (Å²) in [6.45, 7) is 10.0. The quantitative estimate of drug-likeness (QED) is 0.814. The third kappa shape index (κ3) is 4.35. The number of carbonyl (C=O) groups is 1. The molecule has 2 N–H and O–H groups in total. The lowest BCUT2D eigenvalue weighted by atomic mass is 9.98. The Bertz CT molecular complexity index is 390. The predicted molar refractivity (Wildman–Crippen MR) is 74.7 cm³/mol. The first-order valence-electron chi connectivity index (χ1n) is 6.52. The fourth-order valence-corrected chi connectivity index (χ4v) is 1.43. The van der Waals surface area contributed by atoms with Crippen molar-refractivity contribution in [3.63, 3.8) is 0 Å². The Hall–Kier alpha value is -1.58. The molecular formula is C14H23N3O. The number of anilines is 1. The Labute approximate surface area is 109 Å². The molecule has 0 saturated carbocycles. The summed E-state index contributed by atoms with van der Waals surface area (Å²) in [5.41, 5.74) is 1.40. The van der Waals surface area contributed by atoms with Crippen LogP contribution >= 0.6 is 0 Å². The van der Waals surface area contributed by atoms with Gasteiger partial charge in [0.15, 0.2) is 0 Å². The molecule has 0 spiro atoms. The molecule has 1 atom stereocenters. The average Bonchev–Trinajstić information content (AvgIpc) is 2.36. The van der Waals surface area contributed by atoms with Crippen molar-refractivity contribution in [2.75, 3.05) is 18.4 Å². The summed E-state index contributed by atoms with van der Waals surface area (Å²) < 4.78 is 0. The van der Waals surface area contributed by atoms with Gasteiger partial charge < -0.3 is 10.6 Å². The minimum absolute atomic E-state index is 0.127. The molecule has 0 radical (unpaired) electrons. The molecule has 1 rings (SSSR count). The molecule has 4 nitrogen and oxygen atoms in total. The first kappa shape index (κ1) is 14.5. The van der Waals surface area contributed by atoms with Crippen LogP contribution in [0.3, 0.4) is 0 Å². The molecule has 0 bridgehead atoms. The zero-order valence-electron chi connectivity index (χ0n) is 11.7. The zero-order valence-corrected chi connectivity index (χ0v) is 11.7. The van der Waals surface area contributed by atoms with Gasteiger partial charge in [0.05, 0.1) is 0 Å². The third-order valence-corrected chi connectivity index (χ3v) is 3.10. The highest BCUT2D eigenvalue weighted by molar-refractivity contribution is 5.93. The molecule has 1 aromatic rings. The molecular weight excluding hydrogens is 226 g/mol. The van der Waals surface area contributed by atoms with Crippen LogP contribution in [-0.2, 0) is 0 Å². The molecule has 1 amide bonds.